The van der Waals surface area contributed by atoms with Crippen molar-refractivity contribution in [2.45, 2.75) is 43.8 Å². The summed E-state index contributed by atoms with van der Waals surface area (Å²) in [6.07, 6.45) is -5.35. The summed E-state index contributed by atoms with van der Waals surface area (Å²) in [5.41, 5.74) is 0.669. The van der Waals surface area contributed by atoms with Crippen molar-refractivity contribution in [3.63, 3.8) is 0 Å². The highest BCUT2D eigenvalue weighted by Gasteiger charge is 2.57. The zero-order valence-corrected chi connectivity index (χ0v) is 14.9. The lowest BCUT2D eigenvalue weighted by Crippen LogP contribution is -2.39. The van der Waals surface area contributed by atoms with E-state index in [4.69, 9.17) is 4.74 Å². The van der Waals surface area contributed by atoms with Crippen LogP contribution >= 0.6 is 0 Å². The summed E-state index contributed by atoms with van der Waals surface area (Å²) in [6, 6.07) is 7.95. The van der Waals surface area contributed by atoms with Gasteiger partial charge in [-0.25, -0.2) is 4.39 Å². The number of fused-ring (bicyclic) bond motifs is 2. The van der Waals surface area contributed by atoms with E-state index in [1.807, 2.05) is 0 Å². The first-order valence-electron chi connectivity index (χ1n) is 8.94. The Morgan fingerprint density at radius 2 is 2.07 bits per heavy atom. The van der Waals surface area contributed by atoms with Crippen LogP contribution in [0, 0.1) is 12.8 Å². The van der Waals surface area contributed by atoms with E-state index in [2.05, 4.69) is 10.3 Å². The molecule has 4 rings (SSSR count). The Morgan fingerprint density at radius 3 is 2.79 bits per heavy atom. The number of hydrogen-bond donors (Lipinski definition) is 1. The van der Waals surface area contributed by atoms with E-state index in [0.717, 1.165) is 23.4 Å². The first-order valence-corrected chi connectivity index (χ1v) is 8.94. The van der Waals surface area contributed by atoms with E-state index in [1.54, 1.807) is 25.3 Å². The molecule has 4 nitrogen and oxygen atoms in total. The van der Waals surface area contributed by atoms with Crippen molar-refractivity contribution in [3.8, 4) is 0 Å². The van der Waals surface area contributed by atoms with E-state index in [0.29, 0.717) is 0 Å². The number of halogens is 4. The fourth-order valence-electron chi connectivity index (χ4n) is 4.18. The van der Waals surface area contributed by atoms with Crippen LogP contribution in [0.15, 0.2) is 42.6 Å². The average Bonchev–Trinajstić information content (AvgIpc) is 3.18. The van der Waals surface area contributed by atoms with Gasteiger partial charge < -0.3 is 10.1 Å². The second-order valence-electron chi connectivity index (χ2n) is 7.24. The van der Waals surface area contributed by atoms with Crippen LogP contribution in [0.25, 0.3) is 0 Å². The first-order chi connectivity index (χ1) is 13.2. The average molecular weight is 396 g/mol. The van der Waals surface area contributed by atoms with Crippen LogP contribution < -0.4 is 5.32 Å². The molecule has 0 unspecified atom stereocenters. The zero-order chi connectivity index (χ0) is 20.1. The molecule has 3 heterocycles. The maximum absolute atomic E-state index is 14.3. The number of benzene rings is 1. The van der Waals surface area contributed by atoms with Crippen molar-refractivity contribution < 1.29 is 28.5 Å². The second kappa shape index (κ2) is 6.84. The summed E-state index contributed by atoms with van der Waals surface area (Å²) in [7, 11) is 0. The number of carbonyl (C=O) groups is 1. The normalized spacial score (nSPS) is 29.1. The molecule has 0 aliphatic carbocycles. The van der Waals surface area contributed by atoms with Gasteiger partial charge in [0, 0.05) is 31.3 Å². The molecule has 2 aliphatic heterocycles. The first kappa shape index (κ1) is 18.9. The fraction of sp³-hybridized carbons (Fsp3) is 0.400. The third kappa shape index (κ3) is 3.37. The highest BCUT2D eigenvalue weighted by atomic mass is 19.4. The lowest BCUT2D eigenvalue weighted by molar-refractivity contribution is -0.137. The van der Waals surface area contributed by atoms with Gasteiger partial charge >= 0.3 is 6.18 Å². The third-order valence-corrected chi connectivity index (χ3v) is 5.35. The number of carbonyl (C=O) groups excluding carboxylic acids is 1. The van der Waals surface area contributed by atoms with E-state index >= 15 is 0 Å². The number of nitrogens with zero attached hydrogens (tertiary/aromatic N) is 1. The van der Waals surface area contributed by atoms with Crippen molar-refractivity contribution in [3.05, 3.63) is 59.4 Å². The van der Waals surface area contributed by atoms with Crippen LogP contribution in [0.3, 0.4) is 0 Å². The van der Waals surface area contributed by atoms with Crippen molar-refractivity contribution >= 4 is 11.6 Å². The largest absolute Gasteiger partial charge is 0.416 e. The number of ether oxygens (including phenoxy) is 1. The molecule has 1 aromatic heterocycles. The predicted octanol–water partition coefficient (Wildman–Crippen LogP) is 4.50. The van der Waals surface area contributed by atoms with Crippen LogP contribution in [0.2, 0.25) is 0 Å². The lowest BCUT2D eigenvalue weighted by Gasteiger charge is -2.29. The van der Waals surface area contributed by atoms with Gasteiger partial charge in [0.05, 0.1) is 23.7 Å². The summed E-state index contributed by atoms with van der Waals surface area (Å²) < 4.78 is 58.7. The standard InChI is InChI=1S/C20H18F4N2O2.H2/c1-10-7-11(5-6-25-10)16-17(15-9-14(21)18(16)28-15)19(27)26-13-4-2-3-12(8-13)20(22,23)24;/h2-8,14-18H,9H2,1H3,(H,26,27);1H/t14-,15-,16-,17+,18+;/m1./s1. The third-order valence-electron chi connectivity index (χ3n) is 5.35. The monoisotopic (exact) mass is 396 g/mol. The molecule has 2 aliphatic rings. The maximum atomic E-state index is 14.3. The molecule has 28 heavy (non-hydrogen) atoms. The highest BCUT2D eigenvalue weighted by Crippen LogP contribution is 2.50. The minimum absolute atomic E-state index is 0. The second-order valence-corrected chi connectivity index (χ2v) is 7.24. The smallest absolute Gasteiger partial charge is 0.370 e. The minimum atomic E-state index is -4.51. The number of aryl methyl sites for hydroxylation is 1. The van der Waals surface area contributed by atoms with Crippen molar-refractivity contribution in [1.29, 1.82) is 0 Å². The highest BCUT2D eigenvalue weighted by molar-refractivity contribution is 5.94. The number of hydrogen-bond acceptors (Lipinski definition) is 3. The lowest BCUT2D eigenvalue weighted by atomic mass is 9.74. The van der Waals surface area contributed by atoms with Gasteiger partial charge in [-0.3, -0.25) is 9.78 Å². The molecule has 2 saturated heterocycles. The molecule has 1 N–H and O–H groups in total. The molecule has 1 aromatic carbocycles. The number of amides is 1. The van der Waals surface area contributed by atoms with Gasteiger partial charge in [0.25, 0.3) is 0 Å². The number of pyridine rings is 1. The van der Waals surface area contributed by atoms with E-state index in [9.17, 15) is 22.4 Å². The topological polar surface area (TPSA) is 51.2 Å². The Bertz CT molecular complexity index is 908. The number of aromatic nitrogens is 1. The van der Waals surface area contributed by atoms with Crippen molar-refractivity contribution in [1.82, 2.24) is 4.98 Å². The van der Waals surface area contributed by atoms with Gasteiger partial charge in [-0.2, -0.15) is 13.2 Å². The minimum Gasteiger partial charge on any atom is -0.370 e. The molecule has 5 atom stereocenters. The molecule has 2 fully saturated rings. The Balaban J connectivity index is 0.00000240. The van der Waals surface area contributed by atoms with Crippen molar-refractivity contribution in [2.75, 3.05) is 5.32 Å². The van der Waals surface area contributed by atoms with Gasteiger partial charge in [-0.05, 0) is 42.8 Å². The van der Waals surface area contributed by atoms with Gasteiger partial charge in [-0.1, -0.05) is 6.07 Å². The fourth-order valence-corrected chi connectivity index (χ4v) is 4.18. The quantitative estimate of drug-likeness (QED) is 0.777. The Labute approximate surface area is 160 Å². The number of nitrogens with one attached hydrogen (secondary N) is 1. The summed E-state index contributed by atoms with van der Waals surface area (Å²) >= 11 is 0. The van der Waals surface area contributed by atoms with Crippen LogP contribution in [-0.4, -0.2) is 29.3 Å². The molecular weight excluding hydrogens is 376 g/mol. The van der Waals surface area contributed by atoms with Crippen LogP contribution in [0.4, 0.5) is 23.2 Å². The molecule has 1 amide bonds. The summed E-state index contributed by atoms with van der Waals surface area (Å²) in [4.78, 5) is 17.1. The molecule has 0 spiro atoms. The van der Waals surface area contributed by atoms with Crippen LogP contribution in [0.1, 0.15) is 30.6 Å². The van der Waals surface area contributed by atoms with E-state index < -0.39 is 47.9 Å². The Morgan fingerprint density at radius 1 is 1.29 bits per heavy atom. The number of rotatable bonds is 3. The molecule has 0 radical (unpaired) electrons. The molecule has 2 aromatic rings. The Hall–Kier alpha value is -2.48. The number of alkyl halides is 4. The summed E-state index contributed by atoms with van der Waals surface area (Å²) in [5, 5.41) is 2.55. The molecular formula is C20H20F4N2O2. The molecule has 2 bridgehead atoms. The number of anilines is 1. The molecule has 0 saturated carbocycles. The maximum Gasteiger partial charge on any atom is 0.416 e. The predicted molar refractivity (Wildman–Crippen MR) is 95.6 cm³/mol. The molecule has 8 heteroatoms. The van der Waals surface area contributed by atoms with E-state index in [-0.39, 0.29) is 13.5 Å². The van der Waals surface area contributed by atoms with E-state index in [1.165, 1.54) is 12.1 Å². The summed E-state index contributed by atoms with van der Waals surface area (Å²) in [6.45, 7) is 1.79. The van der Waals surface area contributed by atoms with Gasteiger partial charge in [0.1, 0.15) is 6.17 Å². The van der Waals surface area contributed by atoms with Crippen LogP contribution in [-0.2, 0) is 15.7 Å². The Kier molecular flexibility index (Phi) is 4.61. The van der Waals surface area contributed by atoms with Crippen molar-refractivity contribution in [2.24, 2.45) is 5.92 Å². The molecule has 150 valence electrons. The summed E-state index contributed by atoms with van der Waals surface area (Å²) in [5.74, 6) is -1.67. The van der Waals surface area contributed by atoms with Gasteiger partial charge in [-0.15, -0.1) is 0 Å². The van der Waals surface area contributed by atoms with Gasteiger partial charge in [0.2, 0.25) is 5.91 Å². The zero-order valence-electron chi connectivity index (χ0n) is 14.9. The SMILES string of the molecule is Cc1cc([C@H]2[C@H]3O[C@H](C[C@H]3F)[C@@H]2C(=O)Nc2cccc(C(F)(F)F)c2)ccn1.[HH]. The van der Waals surface area contributed by atoms with Gasteiger partial charge in [0.15, 0.2) is 0 Å². The van der Waals surface area contributed by atoms with Crippen LogP contribution in [0.5, 0.6) is 0 Å².